The molecule has 0 saturated heterocycles. The number of alkyl halides is 3. The SMILES string of the molecule is CC(C)(C)Cn1cc([C@H](N)C(F)(F)F)c2cc(F)c(-c3cccc4c3CCCC4)cc21. The number of aryl methyl sites for hydroxylation is 1. The second-order valence-electron chi connectivity index (χ2n) is 9.79. The highest BCUT2D eigenvalue weighted by Crippen LogP contribution is 2.40. The second-order valence-corrected chi connectivity index (χ2v) is 9.79. The minimum absolute atomic E-state index is 0.0905. The van der Waals surface area contributed by atoms with Crippen LogP contribution in [-0.4, -0.2) is 10.7 Å². The lowest BCUT2D eigenvalue weighted by Crippen LogP contribution is -2.28. The van der Waals surface area contributed by atoms with Gasteiger partial charge in [-0.15, -0.1) is 0 Å². The zero-order chi connectivity index (χ0) is 22.6. The highest BCUT2D eigenvalue weighted by molar-refractivity contribution is 5.90. The van der Waals surface area contributed by atoms with Crippen molar-refractivity contribution < 1.29 is 17.6 Å². The van der Waals surface area contributed by atoms with Crippen LogP contribution in [0.2, 0.25) is 0 Å². The Labute approximate surface area is 180 Å². The Morgan fingerprint density at radius 1 is 1.03 bits per heavy atom. The van der Waals surface area contributed by atoms with E-state index >= 15 is 4.39 Å². The van der Waals surface area contributed by atoms with Crippen molar-refractivity contribution in [2.45, 2.75) is 65.2 Å². The Balaban J connectivity index is 1.95. The predicted octanol–water partition coefficient (Wildman–Crippen LogP) is 6.93. The van der Waals surface area contributed by atoms with Gasteiger partial charge in [-0.05, 0) is 59.9 Å². The zero-order valence-electron chi connectivity index (χ0n) is 18.1. The third-order valence-corrected chi connectivity index (χ3v) is 6.02. The summed E-state index contributed by atoms with van der Waals surface area (Å²) in [6.07, 6.45) is 0.865. The molecule has 0 fully saturated rings. The quantitative estimate of drug-likeness (QED) is 0.447. The summed E-state index contributed by atoms with van der Waals surface area (Å²) >= 11 is 0. The van der Waals surface area contributed by atoms with Crippen LogP contribution < -0.4 is 5.73 Å². The fraction of sp³-hybridized carbons (Fsp3) is 0.440. The van der Waals surface area contributed by atoms with Crippen LogP contribution in [-0.2, 0) is 19.4 Å². The first-order valence-electron chi connectivity index (χ1n) is 10.7. The second kappa shape index (κ2) is 7.66. The normalized spacial score (nSPS) is 15.9. The van der Waals surface area contributed by atoms with Crippen molar-refractivity contribution in [1.82, 2.24) is 4.57 Å². The van der Waals surface area contributed by atoms with Crippen LogP contribution in [0.25, 0.3) is 22.0 Å². The lowest BCUT2D eigenvalue weighted by atomic mass is 9.85. The van der Waals surface area contributed by atoms with Crippen LogP contribution in [0.5, 0.6) is 0 Å². The van der Waals surface area contributed by atoms with E-state index in [1.54, 1.807) is 10.6 Å². The molecule has 0 radical (unpaired) electrons. The third-order valence-electron chi connectivity index (χ3n) is 6.02. The Kier molecular flexibility index (Phi) is 5.41. The van der Waals surface area contributed by atoms with Gasteiger partial charge in [-0.25, -0.2) is 4.39 Å². The summed E-state index contributed by atoms with van der Waals surface area (Å²) in [6.45, 7) is 6.53. The summed E-state index contributed by atoms with van der Waals surface area (Å²) in [5.74, 6) is -0.518. The van der Waals surface area contributed by atoms with Crippen LogP contribution in [0.3, 0.4) is 0 Å². The third kappa shape index (κ3) is 4.22. The van der Waals surface area contributed by atoms with E-state index < -0.39 is 18.0 Å². The lowest BCUT2D eigenvalue weighted by Gasteiger charge is -2.21. The van der Waals surface area contributed by atoms with Gasteiger partial charge in [0.25, 0.3) is 0 Å². The van der Waals surface area contributed by atoms with E-state index in [2.05, 4.69) is 6.07 Å². The summed E-state index contributed by atoms with van der Waals surface area (Å²) in [5.41, 5.74) is 9.51. The first-order chi connectivity index (χ1) is 14.5. The first kappa shape index (κ1) is 21.9. The molecule has 6 heteroatoms. The molecule has 0 aliphatic heterocycles. The van der Waals surface area contributed by atoms with Crippen LogP contribution in [0.1, 0.15) is 56.3 Å². The summed E-state index contributed by atoms with van der Waals surface area (Å²) in [4.78, 5) is 0. The molecule has 1 aromatic heterocycles. The van der Waals surface area contributed by atoms with Crippen LogP contribution in [0.4, 0.5) is 17.6 Å². The number of aromatic nitrogens is 1. The number of hydrogen-bond donors (Lipinski definition) is 1. The van der Waals surface area contributed by atoms with E-state index in [0.29, 0.717) is 17.6 Å². The van der Waals surface area contributed by atoms with Gasteiger partial charge in [-0.2, -0.15) is 13.2 Å². The highest BCUT2D eigenvalue weighted by Gasteiger charge is 2.40. The minimum atomic E-state index is -4.60. The number of nitrogens with zero attached hydrogens (tertiary/aromatic N) is 1. The molecule has 0 unspecified atom stereocenters. The Morgan fingerprint density at radius 3 is 2.42 bits per heavy atom. The maximum absolute atomic E-state index is 15.3. The number of benzene rings is 2. The fourth-order valence-electron chi connectivity index (χ4n) is 4.64. The molecule has 0 spiro atoms. The maximum Gasteiger partial charge on any atom is 0.407 e. The van der Waals surface area contributed by atoms with Gasteiger partial charge >= 0.3 is 6.18 Å². The summed E-state index contributed by atoms with van der Waals surface area (Å²) < 4.78 is 57.4. The molecular weight excluding hydrogens is 404 g/mol. The first-order valence-corrected chi connectivity index (χ1v) is 10.7. The fourth-order valence-corrected chi connectivity index (χ4v) is 4.64. The lowest BCUT2D eigenvalue weighted by molar-refractivity contribution is -0.148. The zero-order valence-corrected chi connectivity index (χ0v) is 18.1. The van der Waals surface area contributed by atoms with Crippen molar-refractivity contribution in [1.29, 1.82) is 0 Å². The molecule has 0 saturated carbocycles. The average molecular weight is 433 g/mol. The largest absolute Gasteiger partial charge is 0.407 e. The maximum atomic E-state index is 15.3. The monoisotopic (exact) mass is 432 g/mol. The van der Waals surface area contributed by atoms with E-state index in [1.165, 1.54) is 17.8 Å². The van der Waals surface area contributed by atoms with E-state index in [0.717, 1.165) is 36.8 Å². The summed E-state index contributed by atoms with van der Waals surface area (Å²) in [6, 6.07) is 6.69. The van der Waals surface area contributed by atoms with Crippen molar-refractivity contribution in [2.75, 3.05) is 0 Å². The van der Waals surface area contributed by atoms with Gasteiger partial charge in [-0.3, -0.25) is 0 Å². The molecule has 1 heterocycles. The van der Waals surface area contributed by atoms with E-state index in [9.17, 15) is 13.2 Å². The Morgan fingerprint density at radius 2 is 1.74 bits per heavy atom. The number of rotatable bonds is 3. The van der Waals surface area contributed by atoms with Gasteiger partial charge in [0.05, 0.1) is 0 Å². The molecule has 3 aromatic rings. The molecule has 0 bridgehead atoms. The summed E-state index contributed by atoms with van der Waals surface area (Å²) in [7, 11) is 0. The van der Waals surface area contributed by atoms with Gasteiger partial charge in [0.1, 0.15) is 11.9 Å². The summed E-state index contributed by atoms with van der Waals surface area (Å²) in [5, 5.41) is 0.222. The molecule has 31 heavy (non-hydrogen) atoms. The number of nitrogens with two attached hydrogens (primary N) is 1. The van der Waals surface area contributed by atoms with Crippen molar-refractivity contribution in [3.63, 3.8) is 0 Å². The smallest absolute Gasteiger partial charge is 0.347 e. The van der Waals surface area contributed by atoms with Gasteiger partial charge in [0.15, 0.2) is 0 Å². The van der Waals surface area contributed by atoms with Crippen LogP contribution >= 0.6 is 0 Å². The van der Waals surface area contributed by atoms with Crippen LogP contribution in [0.15, 0.2) is 36.5 Å². The number of hydrogen-bond acceptors (Lipinski definition) is 1. The Hall–Kier alpha value is -2.34. The van der Waals surface area contributed by atoms with Crippen molar-refractivity contribution in [2.24, 2.45) is 11.1 Å². The number of halogens is 4. The Bertz CT molecular complexity index is 1120. The van der Waals surface area contributed by atoms with Gasteiger partial charge in [0.2, 0.25) is 0 Å². The highest BCUT2D eigenvalue weighted by atomic mass is 19.4. The molecule has 4 rings (SSSR count). The van der Waals surface area contributed by atoms with E-state index in [-0.39, 0.29) is 16.4 Å². The molecule has 1 aliphatic rings. The molecule has 1 atom stereocenters. The van der Waals surface area contributed by atoms with Gasteiger partial charge < -0.3 is 10.3 Å². The topological polar surface area (TPSA) is 30.9 Å². The molecule has 0 amide bonds. The standard InChI is InChI=1S/C25H28F4N2/c1-24(2,3)14-31-13-20(23(30)25(27,28)29)19-11-21(26)18(12-22(19)31)17-10-6-8-15-7-4-5-9-16(15)17/h6,8,10-13,23H,4-5,7,9,14,30H2,1-3H3/t23-/m0/s1. The molecular formula is C25H28F4N2. The molecule has 1 aliphatic carbocycles. The van der Waals surface area contributed by atoms with Gasteiger partial charge in [-0.1, -0.05) is 39.0 Å². The average Bonchev–Trinajstić information content (AvgIpc) is 3.01. The van der Waals surface area contributed by atoms with E-state index in [1.807, 2.05) is 32.9 Å². The molecule has 166 valence electrons. The van der Waals surface area contributed by atoms with Gasteiger partial charge in [0, 0.05) is 34.8 Å². The molecule has 2 aromatic carbocycles. The van der Waals surface area contributed by atoms with Crippen molar-refractivity contribution in [3.8, 4) is 11.1 Å². The van der Waals surface area contributed by atoms with Crippen molar-refractivity contribution >= 4 is 10.9 Å². The number of fused-ring (bicyclic) bond motifs is 2. The van der Waals surface area contributed by atoms with Crippen LogP contribution in [0, 0.1) is 11.2 Å². The molecule has 2 nitrogen and oxygen atoms in total. The van der Waals surface area contributed by atoms with E-state index in [4.69, 9.17) is 5.73 Å². The minimum Gasteiger partial charge on any atom is -0.347 e. The predicted molar refractivity (Wildman–Crippen MR) is 116 cm³/mol. The molecule has 2 N–H and O–H groups in total. The van der Waals surface area contributed by atoms with Crippen molar-refractivity contribution in [3.05, 3.63) is 59.0 Å².